The number of fused-ring (bicyclic) bond motifs is 1. The molecule has 2 aliphatic heterocycles. The van der Waals surface area contributed by atoms with Gasteiger partial charge in [-0.25, -0.2) is 13.4 Å². The lowest BCUT2D eigenvalue weighted by atomic mass is 10.2. The van der Waals surface area contributed by atoms with Crippen molar-refractivity contribution in [3.63, 3.8) is 0 Å². The number of benzene rings is 1. The summed E-state index contributed by atoms with van der Waals surface area (Å²) in [5.41, 5.74) is 0.335. The molecule has 2 aromatic rings. The number of amides is 1. The quantitative estimate of drug-likeness (QED) is 0.737. The number of nitrogens with zero attached hydrogens (tertiary/aromatic N) is 3. The van der Waals surface area contributed by atoms with Crippen molar-refractivity contribution < 1.29 is 22.7 Å². The monoisotopic (exact) mass is 418 g/mol. The summed E-state index contributed by atoms with van der Waals surface area (Å²) in [5, 5.41) is 2.66. The Balaban J connectivity index is 1.29. The molecule has 2 aliphatic rings. The molecular formula is C19H22N4O5S. The van der Waals surface area contributed by atoms with Gasteiger partial charge in [-0.15, -0.1) is 0 Å². The molecule has 1 aromatic carbocycles. The Hall–Kier alpha value is -2.85. The van der Waals surface area contributed by atoms with Crippen molar-refractivity contribution in [2.45, 2.75) is 0 Å². The van der Waals surface area contributed by atoms with E-state index < -0.39 is 10.0 Å². The van der Waals surface area contributed by atoms with E-state index in [1.54, 1.807) is 24.4 Å². The second-order valence-corrected chi connectivity index (χ2v) is 8.77. The van der Waals surface area contributed by atoms with Crippen molar-refractivity contribution in [1.82, 2.24) is 14.6 Å². The van der Waals surface area contributed by atoms with Gasteiger partial charge in [-0.2, -0.15) is 4.31 Å². The number of pyridine rings is 1. The number of carbonyl (C=O) groups is 1. The Morgan fingerprint density at radius 1 is 1.07 bits per heavy atom. The fourth-order valence-electron chi connectivity index (χ4n) is 3.36. The van der Waals surface area contributed by atoms with Crippen LogP contribution in [0.3, 0.4) is 0 Å². The molecule has 154 valence electrons. The molecule has 1 amide bonds. The van der Waals surface area contributed by atoms with Crippen LogP contribution in [0.25, 0.3) is 0 Å². The molecule has 29 heavy (non-hydrogen) atoms. The average Bonchev–Trinajstić information content (AvgIpc) is 3.23. The van der Waals surface area contributed by atoms with Gasteiger partial charge in [-0.05, 0) is 24.3 Å². The molecule has 9 nitrogen and oxygen atoms in total. The van der Waals surface area contributed by atoms with Gasteiger partial charge in [0.05, 0.1) is 11.3 Å². The van der Waals surface area contributed by atoms with Crippen molar-refractivity contribution >= 4 is 21.7 Å². The smallest absolute Gasteiger partial charge is 0.255 e. The highest BCUT2D eigenvalue weighted by molar-refractivity contribution is 7.89. The van der Waals surface area contributed by atoms with Gasteiger partial charge in [0.15, 0.2) is 11.5 Å². The van der Waals surface area contributed by atoms with E-state index in [2.05, 4.69) is 15.2 Å². The van der Waals surface area contributed by atoms with Crippen LogP contribution in [0.4, 0.5) is 5.82 Å². The fourth-order valence-corrected chi connectivity index (χ4v) is 4.70. The molecule has 4 rings (SSSR count). The number of rotatable bonds is 6. The Morgan fingerprint density at radius 2 is 1.90 bits per heavy atom. The summed E-state index contributed by atoms with van der Waals surface area (Å²) < 4.78 is 37.3. The van der Waals surface area contributed by atoms with Crippen LogP contribution in [-0.4, -0.2) is 68.9 Å². The number of anilines is 1. The molecule has 0 bridgehead atoms. The summed E-state index contributed by atoms with van der Waals surface area (Å²) in [4.78, 5) is 18.8. The summed E-state index contributed by atoms with van der Waals surface area (Å²) in [5.74, 6) is 1.20. The predicted octanol–water partition coefficient (Wildman–Crippen LogP) is 0.692. The van der Waals surface area contributed by atoms with Crippen LogP contribution in [0.2, 0.25) is 0 Å². The molecule has 1 aromatic heterocycles. The van der Waals surface area contributed by atoms with Gasteiger partial charge >= 0.3 is 0 Å². The van der Waals surface area contributed by atoms with E-state index in [9.17, 15) is 13.2 Å². The topological polar surface area (TPSA) is 101 Å². The second-order valence-electron chi connectivity index (χ2n) is 6.69. The predicted molar refractivity (Wildman–Crippen MR) is 107 cm³/mol. The van der Waals surface area contributed by atoms with E-state index in [1.165, 1.54) is 4.31 Å². The maximum atomic E-state index is 12.6. The summed E-state index contributed by atoms with van der Waals surface area (Å²) in [6, 6.07) is 10.7. The molecule has 1 N–H and O–H groups in total. The zero-order valence-corrected chi connectivity index (χ0v) is 16.6. The van der Waals surface area contributed by atoms with Crippen molar-refractivity contribution in [3.8, 4) is 11.5 Å². The molecule has 0 aliphatic carbocycles. The number of hydrogen-bond donors (Lipinski definition) is 1. The molecule has 1 saturated heterocycles. The Labute approximate surface area is 169 Å². The lowest BCUT2D eigenvalue weighted by Gasteiger charge is -2.34. The molecular weight excluding hydrogens is 396 g/mol. The van der Waals surface area contributed by atoms with E-state index >= 15 is 0 Å². The van der Waals surface area contributed by atoms with E-state index in [4.69, 9.17) is 9.47 Å². The Kier molecular flexibility index (Phi) is 5.54. The first-order valence-electron chi connectivity index (χ1n) is 9.35. The SMILES string of the molecule is O=C(NCCS(=O)(=O)N1CCN(c2ccccn2)CC1)c1cccc2c1OCO2. The van der Waals surface area contributed by atoms with Crippen LogP contribution in [0.15, 0.2) is 42.6 Å². The van der Waals surface area contributed by atoms with Gasteiger partial charge in [0.2, 0.25) is 16.8 Å². The number of sulfonamides is 1. The van der Waals surface area contributed by atoms with E-state index in [0.29, 0.717) is 43.2 Å². The Bertz CT molecular complexity index is 975. The van der Waals surface area contributed by atoms with Crippen LogP contribution in [0, 0.1) is 0 Å². The normalized spacial score (nSPS) is 16.6. The molecule has 0 radical (unpaired) electrons. The number of hydrogen-bond acceptors (Lipinski definition) is 7. The third-order valence-electron chi connectivity index (χ3n) is 4.89. The summed E-state index contributed by atoms with van der Waals surface area (Å²) in [6.07, 6.45) is 1.72. The van der Waals surface area contributed by atoms with Gasteiger partial charge in [-0.3, -0.25) is 4.79 Å². The third kappa shape index (κ3) is 4.28. The van der Waals surface area contributed by atoms with Gasteiger partial charge in [0.25, 0.3) is 5.91 Å². The number of para-hydroxylation sites is 1. The lowest BCUT2D eigenvalue weighted by Crippen LogP contribution is -2.50. The first-order valence-corrected chi connectivity index (χ1v) is 11.0. The van der Waals surface area contributed by atoms with E-state index in [-0.39, 0.29) is 25.0 Å². The van der Waals surface area contributed by atoms with Crippen LogP contribution >= 0.6 is 0 Å². The van der Waals surface area contributed by atoms with Gasteiger partial charge in [-0.1, -0.05) is 12.1 Å². The van der Waals surface area contributed by atoms with Gasteiger partial charge in [0.1, 0.15) is 5.82 Å². The summed E-state index contributed by atoms with van der Waals surface area (Å²) in [6.45, 7) is 2.03. The first-order chi connectivity index (χ1) is 14.0. The van der Waals surface area contributed by atoms with Crippen molar-refractivity contribution in [2.24, 2.45) is 0 Å². The summed E-state index contributed by atoms with van der Waals surface area (Å²) >= 11 is 0. The van der Waals surface area contributed by atoms with Gasteiger partial charge < -0.3 is 19.7 Å². The van der Waals surface area contributed by atoms with Crippen LogP contribution in [0.5, 0.6) is 11.5 Å². The molecule has 0 spiro atoms. The van der Waals surface area contributed by atoms with Crippen LogP contribution in [-0.2, 0) is 10.0 Å². The zero-order valence-electron chi connectivity index (χ0n) is 15.8. The number of ether oxygens (including phenoxy) is 2. The average molecular weight is 418 g/mol. The lowest BCUT2D eigenvalue weighted by molar-refractivity contribution is 0.0951. The molecule has 10 heteroatoms. The number of piperazine rings is 1. The minimum atomic E-state index is -3.46. The van der Waals surface area contributed by atoms with Crippen molar-refractivity contribution in [3.05, 3.63) is 48.2 Å². The molecule has 0 atom stereocenters. The number of carbonyl (C=O) groups excluding carboxylic acids is 1. The van der Waals surface area contributed by atoms with Crippen molar-refractivity contribution in [2.75, 3.05) is 50.2 Å². The van der Waals surface area contributed by atoms with Crippen molar-refractivity contribution in [1.29, 1.82) is 0 Å². The minimum absolute atomic E-state index is 0.0200. The molecule has 0 unspecified atom stereocenters. The Morgan fingerprint density at radius 3 is 2.66 bits per heavy atom. The second kappa shape index (κ2) is 8.26. The number of aromatic nitrogens is 1. The maximum absolute atomic E-state index is 12.6. The maximum Gasteiger partial charge on any atom is 0.255 e. The van der Waals surface area contributed by atoms with E-state index in [0.717, 1.165) is 5.82 Å². The first kappa shape index (κ1) is 19.5. The zero-order chi connectivity index (χ0) is 20.3. The van der Waals surface area contributed by atoms with Crippen LogP contribution in [0.1, 0.15) is 10.4 Å². The molecule has 1 fully saturated rings. The fraction of sp³-hybridized carbons (Fsp3) is 0.368. The van der Waals surface area contributed by atoms with E-state index in [1.807, 2.05) is 18.2 Å². The standard InChI is InChI=1S/C19H22N4O5S/c24-19(15-4-3-5-16-18(15)28-14-27-16)21-8-13-29(25,26)23-11-9-22(10-12-23)17-6-1-2-7-20-17/h1-7H,8-14H2,(H,21,24). The highest BCUT2D eigenvalue weighted by Gasteiger charge is 2.28. The highest BCUT2D eigenvalue weighted by atomic mass is 32.2. The molecule has 3 heterocycles. The van der Waals surface area contributed by atoms with Gasteiger partial charge in [0, 0.05) is 38.9 Å². The largest absolute Gasteiger partial charge is 0.454 e. The minimum Gasteiger partial charge on any atom is -0.454 e. The third-order valence-corrected chi connectivity index (χ3v) is 6.76. The summed E-state index contributed by atoms with van der Waals surface area (Å²) in [7, 11) is -3.46. The molecule has 0 saturated carbocycles. The van der Waals surface area contributed by atoms with Crippen LogP contribution < -0.4 is 19.7 Å². The number of nitrogens with one attached hydrogen (secondary N) is 1. The highest BCUT2D eigenvalue weighted by Crippen LogP contribution is 2.35.